The van der Waals surface area contributed by atoms with E-state index in [1.165, 1.54) is 21.1 Å². The fraction of sp³-hybridized carbons (Fsp3) is 0.556. The van der Waals surface area contributed by atoms with E-state index < -0.39 is 60.6 Å². The minimum atomic E-state index is -0.793. The van der Waals surface area contributed by atoms with Crippen LogP contribution in [0.1, 0.15) is 98.4 Å². The number of carbonyl (C=O) groups excluding carboxylic acids is 6. The van der Waals surface area contributed by atoms with Crippen molar-refractivity contribution < 1.29 is 47.7 Å². The Labute approximate surface area is 290 Å². The standard InChI is InChI=1S/C36H44N2O10S/c1-35(2,3)47-33(43)37-15-7-9-25(37)31(41)45-19-27(39)22-13-14-24-21(17-22)11-12-23-18-29(49-30(23)24)28(40)20-46-32(42)26-10-8-16-38(26)34(44)48-36(4,5)6/h13-14,17-18,25-26H,7-12,15-16,19-20H2,1-6H3/t25-,26-/m0/s1. The number of ether oxygens (including phenoxy) is 4. The molecule has 2 atom stereocenters. The summed E-state index contributed by atoms with van der Waals surface area (Å²) in [6.45, 7) is 10.4. The Morgan fingerprint density at radius 1 is 0.714 bits per heavy atom. The topological polar surface area (TPSA) is 146 Å². The van der Waals surface area contributed by atoms with E-state index in [0.29, 0.717) is 62.1 Å². The zero-order valence-corrected chi connectivity index (χ0v) is 29.7. The third-order valence-electron chi connectivity index (χ3n) is 8.42. The number of hydrogen-bond donors (Lipinski definition) is 0. The van der Waals surface area contributed by atoms with E-state index in [-0.39, 0.29) is 11.6 Å². The van der Waals surface area contributed by atoms with Gasteiger partial charge in [-0.25, -0.2) is 19.2 Å². The van der Waals surface area contributed by atoms with Crippen LogP contribution < -0.4 is 0 Å². The van der Waals surface area contributed by atoms with Crippen LogP contribution in [0.2, 0.25) is 0 Å². The van der Waals surface area contributed by atoms with Crippen molar-refractivity contribution in [2.75, 3.05) is 26.3 Å². The average molecular weight is 697 g/mol. The van der Waals surface area contributed by atoms with Gasteiger partial charge in [0.15, 0.2) is 19.0 Å². The molecule has 264 valence electrons. The first-order valence-corrected chi connectivity index (χ1v) is 17.5. The number of benzene rings is 1. The second kappa shape index (κ2) is 14.3. The highest BCUT2D eigenvalue weighted by atomic mass is 32.1. The predicted octanol–water partition coefficient (Wildman–Crippen LogP) is 5.76. The van der Waals surface area contributed by atoms with E-state index in [4.69, 9.17) is 18.9 Å². The van der Waals surface area contributed by atoms with Crippen molar-refractivity contribution in [2.45, 2.75) is 103 Å². The van der Waals surface area contributed by atoms with Gasteiger partial charge in [-0.2, -0.15) is 0 Å². The van der Waals surface area contributed by atoms with Crippen molar-refractivity contribution in [2.24, 2.45) is 0 Å². The van der Waals surface area contributed by atoms with E-state index in [9.17, 15) is 28.8 Å². The summed E-state index contributed by atoms with van der Waals surface area (Å²) in [5.74, 6) is -1.96. The maximum Gasteiger partial charge on any atom is 0.411 e. The van der Waals surface area contributed by atoms with Crippen molar-refractivity contribution in [3.8, 4) is 10.4 Å². The van der Waals surface area contributed by atoms with E-state index in [1.54, 1.807) is 53.7 Å². The molecule has 2 aliphatic heterocycles. The van der Waals surface area contributed by atoms with E-state index in [1.807, 2.05) is 12.1 Å². The molecular formula is C36H44N2O10S. The molecule has 2 aromatic rings. The highest BCUT2D eigenvalue weighted by molar-refractivity contribution is 7.17. The van der Waals surface area contributed by atoms with Crippen LogP contribution in [0.25, 0.3) is 10.4 Å². The molecule has 0 bridgehead atoms. The number of Topliss-reactive ketones (excluding diaryl/α,β-unsaturated/α-hetero) is 2. The molecule has 2 amide bonds. The summed E-state index contributed by atoms with van der Waals surface area (Å²) in [5.41, 5.74) is 1.85. The number of carbonyl (C=O) groups is 6. The van der Waals surface area contributed by atoms with Crippen LogP contribution in [0.4, 0.5) is 9.59 Å². The summed E-state index contributed by atoms with van der Waals surface area (Å²) in [5, 5.41) is 0. The zero-order valence-electron chi connectivity index (χ0n) is 28.9. The van der Waals surface area contributed by atoms with Crippen molar-refractivity contribution in [3.63, 3.8) is 0 Å². The van der Waals surface area contributed by atoms with E-state index >= 15 is 0 Å². The summed E-state index contributed by atoms with van der Waals surface area (Å²) < 4.78 is 21.6. The van der Waals surface area contributed by atoms with Gasteiger partial charge in [-0.15, -0.1) is 11.3 Å². The average Bonchev–Trinajstić information content (AvgIpc) is 3.80. The van der Waals surface area contributed by atoms with Crippen molar-refractivity contribution >= 4 is 47.0 Å². The number of ketones is 2. The van der Waals surface area contributed by atoms with Crippen LogP contribution in [0, 0.1) is 0 Å². The number of aryl methyl sites for hydroxylation is 2. The molecule has 12 nitrogen and oxygen atoms in total. The summed E-state index contributed by atoms with van der Waals surface area (Å²) >= 11 is 1.31. The molecule has 2 fully saturated rings. The van der Waals surface area contributed by atoms with Gasteiger partial charge in [0.2, 0.25) is 5.78 Å². The molecule has 3 aliphatic rings. The molecule has 13 heteroatoms. The van der Waals surface area contributed by atoms with Gasteiger partial charge in [0.25, 0.3) is 0 Å². The van der Waals surface area contributed by atoms with Crippen molar-refractivity contribution in [1.82, 2.24) is 9.80 Å². The lowest BCUT2D eigenvalue weighted by atomic mass is 9.89. The molecule has 3 heterocycles. The largest absolute Gasteiger partial charge is 0.456 e. The molecule has 0 radical (unpaired) electrons. The van der Waals surface area contributed by atoms with Crippen LogP contribution in [0.15, 0.2) is 24.3 Å². The smallest absolute Gasteiger partial charge is 0.411 e. The maximum absolute atomic E-state index is 13.1. The maximum atomic E-state index is 13.1. The minimum Gasteiger partial charge on any atom is -0.456 e. The van der Waals surface area contributed by atoms with Gasteiger partial charge in [-0.3, -0.25) is 19.4 Å². The Kier molecular flexibility index (Phi) is 10.5. The van der Waals surface area contributed by atoms with Gasteiger partial charge < -0.3 is 18.9 Å². The monoisotopic (exact) mass is 696 g/mol. The van der Waals surface area contributed by atoms with Gasteiger partial charge >= 0.3 is 24.1 Å². The Morgan fingerprint density at radius 2 is 1.22 bits per heavy atom. The molecular weight excluding hydrogens is 652 g/mol. The number of rotatable bonds is 8. The Balaban J connectivity index is 1.17. The minimum absolute atomic E-state index is 0.336. The summed E-state index contributed by atoms with van der Waals surface area (Å²) in [6.07, 6.45) is 2.30. The second-order valence-corrected chi connectivity index (χ2v) is 15.6. The highest BCUT2D eigenvalue weighted by Crippen LogP contribution is 2.40. The lowest BCUT2D eigenvalue weighted by molar-refractivity contribution is -0.148. The fourth-order valence-electron chi connectivity index (χ4n) is 6.17. The summed E-state index contributed by atoms with van der Waals surface area (Å²) in [7, 11) is 0. The SMILES string of the molecule is CC(C)(C)OC(=O)N1CCC[C@H]1C(=O)OCC(=O)c1ccc2c(c1)CCc1cc(C(=O)COC(=O)[C@@H]3CCCN3C(=O)OC(C)(C)C)sc1-2. The molecule has 1 aromatic heterocycles. The second-order valence-electron chi connectivity index (χ2n) is 14.6. The first-order valence-electron chi connectivity index (χ1n) is 16.7. The highest BCUT2D eigenvalue weighted by Gasteiger charge is 2.39. The summed E-state index contributed by atoms with van der Waals surface area (Å²) in [4.78, 5) is 81.0. The van der Waals surface area contributed by atoms with Crippen LogP contribution in [0.3, 0.4) is 0 Å². The van der Waals surface area contributed by atoms with Crippen molar-refractivity contribution in [1.29, 1.82) is 0 Å². The Hall–Kier alpha value is -4.26. The number of nitrogens with zero attached hydrogens (tertiary/aromatic N) is 2. The Bertz CT molecular complexity index is 1650. The molecule has 5 rings (SSSR count). The summed E-state index contributed by atoms with van der Waals surface area (Å²) in [6, 6.07) is 5.54. The molecule has 0 spiro atoms. The molecule has 0 saturated carbocycles. The molecule has 1 aromatic carbocycles. The zero-order chi connectivity index (χ0) is 35.7. The van der Waals surface area contributed by atoms with Gasteiger partial charge in [0, 0.05) is 23.5 Å². The van der Waals surface area contributed by atoms with Crippen molar-refractivity contribution in [3.05, 3.63) is 45.8 Å². The van der Waals surface area contributed by atoms with E-state index in [2.05, 4.69) is 0 Å². The lowest BCUT2D eigenvalue weighted by Gasteiger charge is -2.27. The normalized spacial score (nSPS) is 18.7. The Morgan fingerprint density at radius 3 is 1.76 bits per heavy atom. The number of amides is 2. The van der Waals surface area contributed by atoms with Gasteiger partial charge in [-0.05, 0) is 109 Å². The first-order chi connectivity index (χ1) is 23.0. The van der Waals surface area contributed by atoms with Gasteiger partial charge in [0.05, 0.1) is 4.88 Å². The quantitative estimate of drug-likeness (QED) is 0.190. The third-order valence-corrected chi connectivity index (χ3v) is 9.67. The van der Waals surface area contributed by atoms with Gasteiger partial charge in [-0.1, -0.05) is 12.1 Å². The molecule has 0 unspecified atom stereocenters. The fourth-order valence-corrected chi connectivity index (χ4v) is 7.36. The molecule has 1 aliphatic carbocycles. The van der Waals surface area contributed by atoms with Crippen LogP contribution in [-0.2, 0) is 41.4 Å². The molecule has 2 saturated heterocycles. The van der Waals surface area contributed by atoms with Crippen LogP contribution in [0.5, 0.6) is 0 Å². The predicted molar refractivity (Wildman–Crippen MR) is 180 cm³/mol. The number of thiophene rings is 1. The molecule has 49 heavy (non-hydrogen) atoms. The number of hydrogen-bond acceptors (Lipinski definition) is 11. The number of fused-ring (bicyclic) bond motifs is 3. The number of esters is 2. The number of likely N-dealkylation sites (tertiary alicyclic amines) is 2. The molecule has 0 N–H and O–H groups in total. The lowest BCUT2D eigenvalue weighted by Crippen LogP contribution is -2.44. The van der Waals surface area contributed by atoms with Crippen LogP contribution in [-0.4, -0.2) is 95.1 Å². The van der Waals surface area contributed by atoms with Gasteiger partial charge in [0.1, 0.15) is 23.3 Å². The first kappa shape index (κ1) is 36.0. The third kappa shape index (κ3) is 8.67. The van der Waals surface area contributed by atoms with Crippen LogP contribution >= 0.6 is 11.3 Å². The van der Waals surface area contributed by atoms with E-state index in [0.717, 1.165) is 21.6 Å².